The molecule has 3 heteroatoms. The highest BCUT2D eigenvalue weighted by Gasteiger charge is 2.38. The number of nitrogens with zero attached hydrogens (tertiary/aromatic N) is 1. The minimum Gasteiger partial charge on any atom is -0.394 e. The van der Waals surface area contributed by atoms with Gasteiger partial charge in [-0.25, -0.2) is 0 Å². The lowest BCUT2D eigenvalue weighted by atomic mass is 9.89. The molecule has 1 aromatic rings. The molecule has 0 aliphatic heterocycles. The maximum Gasteiger partial charge on any atom is 0.0799 e. The van der Waals surface area contributed by atoms with Crippen LogP contribution in [0.2, 0.25) is 0 Å². The maximum atomic E-state index is 10.2. The standard InChI is InChI=1S/C18H30N2O/c1-3-5-13-20(4-2)14-18(15-21,19-17-11-12-17)16-9-7-6-8-10-16/h6-10,17,19,21H,3-5,11-15H2,1-2H3. The summed E-state index contributed by atoms with van der Waals surface area (Å²) in [6.07, 6.45) is 4.89. The van der Waals surface area contributed by atoms with Crippen LogP contribution in [0.5, 0.6) is 0 Å². The number of nitrogens with one attached hydrogen (secondary N) is 1. The molecule has 2 rings (SSSR count). The van der Waals surface area contributed by atoms with Gasteiger partial charge in [0.05, 0.1) is 12.1 Å². The van der Waals surface area contributed by atoms with Crippen LogP contribution >= 0.6 is 0 Å². The average molecular weight is 290 g/mol. The molecule has 2 N–H and O–H groups in total. The van der Waals surface area contributed by atoms with Crippen LogP contribution in [0.4, 0.5) is 0 Å². The number of likely N-dealkylation sites (N-methyl/N-ethyl adjacent to an activating group) is 1. The molecule has 0 saturated heterocycles. The predicted octanol–water partition coefficient (Wildman–Crippen LogP) is 2.75. The van der Waals surface area contributed by atoms with Crippen molar-refractivity contribution < 1.29 is 5.11 Å². The van der Waals surface area contributed by atoms with E-state index in [2.05, 4.69) is 48.3 Å². The van der Waals surface area contributed by atoms with Crippen LogP contribution in [-0.4, -0.2) is 42.3 Å². The number of aliphatic hydroxyl groups is 1. The van der Waals surface area contributed by atoms with Crippen LogP contribution in [-0.2, 0) is 5.54 Å². The van der Waals surface area contributed by atoms with Crippen LogP contribution in [0.15, 0.2) is 30.3 Å². The first-order chi connectivity index (χ1) is 10.2. The lowest BCUT2D eigenvalue weighted by Gasteiger charge is -2.38. The quantitative estimate of drug-likeness (QED) is 0.695. The van der Waals surface area contributed by atoms with Crippen LogP contribution in [0.25, 0.3) is 0 Å². The Morgan fingerprint density at radius 2 is 1.95 bits per heavy atom. The van der Waals surface area contributed by atoms with Crippen LogP contribution < -0.4 is 5.32 Å². The summed E-state index contributed by atoms with van der Waals surface area (Å²) in [6.45, 7) is 7.60. The first kappa shape index (κ1) is 16.5. The van der Waals surface area contributed by atoms with Crippen molar-refractivity contribution in [3.63, 3.8) is 0 Å². The van der Waals surface area contributed by atoms with Gasteiger partial charge in [0.15, 0.2) is 0 Å². The zero-order valence-electron chi connectivity index (χ0n) is 13.5. The summed E-state index contributed by atoms with van der Waals surface area (Å²) in [5.74, 6) is 0. The van der Waals surface area contributed by atoms with Crippen molar-refractivity contribution in [2.75, 3.05) is 26.2 Å². The van der Waals surface area contributed by atoms with Gasteiger partial charge in [0.1, 0.15) is 0 Å². The van der Waals surface area contributed by atoms with E-state index in [1.54, 1.807) is 0 Å². The molecule has 0 spiro atoms. The molecule has 1 aliphatic rings. The second-order valence-electron chi connectivity index (χ2n) is 6.25. The lowest BCUT2D eigenvalue weighted by molar-refractivity contribution is 0.106. The Balaban J connectivity index is 2.17. The van der Waals surface area contributed by atoms with Gasteiger partial charge in [-0.1, -0.05) is 50.6 Å². The molecule has 1 unspecified atom stereocenters. The highest BCUT2D eigenvalue weighted by atomic mass is 16.3. The van der Waals surface area contributed by atoms with Gasteiger partial charge < -0.3 is 15.3 Å². The van der Waals surface area contributed by atoms with Crippen molar-refractivity contribution in [3.8, 4) is 0 Å². The Morgan fingerprint density at radius 3 is 2.48 bits per heavy atom. The topological polar surface area (TPSA) is 35.5 Å². The summed E-state index contributed by atoms with van der Waals surface area (Å²) in [6, 6.07) is 11.0. The average Bonchev–Trinajstić information content (AvgIpc) is 3.35. The Hall–Kier alpha value is -0.900. The van der Waals surface area contributed by atoms with E-state index in [0.29, 0.717) is 6.04 Å². The van der Waals surface area contributed by atoms with Gasteiger partial charge in [0.25, 0.3) is 0 Å². The zero-order chi connectivity index (χ0) is 15.1. The molecule has 0 aromatic heterocycles. The van der Waals surface area contributed by atoms with Crippen molar-refractivity contribution >= 4 is 0 Å². The number of aliphatic hydroxyl groups excluding tert-OH is 1. The molecule has 118 valence electrons. The van der Waals surface area contributed by atoms with Gasteiger partial charge in [0, 0.05) is 12.6 Å². The van der Waals surface area contributed by atoms with Gasteiger partial charge in [-0.2, -0.15) is 0 Å². The van der Waals surface area contributed by atoms with Crippen LogP contribution in [0, 0.1) is 0 Å². The third-order valence-corrected chi connectivity index (χ3v) is 4.42. The fraction of sp³-hybridized carbons (Fsp3) is 0.667. The highest BCUT2D eigenvalue weighted by molar-refractivity contribution is 5.26. The Kier molecular flexibility index (Phi) is 6.22. The summed E-state index contributed by atoms with van der Waals surface area (Å²) < 4.78 is 0. The molecule has 0 radical (unpaired) electrons. The van der Waals surface area contributed by atoms with E-state index >= 15 is 0 Å². The minimum atomic E-state index is -0.327. The van der Waals surface area contributed by atoms with Crippen molar-refractivity contribution in [2.24, 2.45) is 0 Å². The fourth-order valence-corrected chi connectivity index (χ4v) is 2.90. The third kappa shape index (κ3) is 4.53. The molecule has 1 aromatic carbocycles. The molecule has 0 bridgehead atoms. The third-order valence-electron chi connectivity index (χ3n) is 4.42. The Labute approximate surface area is 129 Å². The van der Waals surface area contributed by atoms with E-state index in [4.69, 9.17) is 0 Å². The number of rotatable bonds is 10. The molecule has 1 saturated carbocycles. The molecular weight excluding hydrogens is 260 g/mol. The van der Waals surface area contributed by atoms with E-state index in [9.17, 15) is 5.11 Å². The monoisotopic (exact) mass is 290 g/mol. The Morgan fingerprint density at radius 1 is 1.24 bits per heavy atom. The zero-order valence-corrected chi connectivity index (χ0v) is 13.5. The summed E-state index contributed by atoms with van der Waals surface area (Å²) >= 11 is 0. The summed E-state index contributed by atoms with van der Waals surface area (Å²) in [5.41, 5.74) is 0.876. The molecule has 1 atom stereocenters. The number of benzene rings is 1. The largest absolute Gasteiger partial charge is 0.394 e. The highest BCUT2D eigenvalue weighted by Crippen LogP contribution is 2.29. The predicted molar refractivity (Wildman–Crippen MR) is 88.4 cm³/mol. The van der Waals surface area contributed by atoms with Gasteiger partial charge in [-0.05, 0) is 37.9 Å². The van der Waals surface area contributed by atoms with Crippen LogP contribution in [0.1, 0.15) is 45.1 Å². The lowest BCUT2D eigenvalue weighted by Crippen LogP contribution is -2.54. The normalized spacial score (nSPS) is 17.9. The second-order valence-corrected chi connectivity index (χ2v) is 6.25. The number of hydrogen-bond donors (Lipinski definition) is 2. The first-order valence-corrected chi connectivity index (χ1v) is 8.40. The molecule has 0 amide bonds. The molecule has 3 nitrogen and oxygen atoms in total. The van der Waals surface area contributed by atoms with E-state index in [1.807, 2.05) is 6.07 Å². The van der Waals surface area contributed by atoms with Gasteiger partial charge in [-0.15, -0.1) is 0 Å². The van der Waals surface area contributed by atoms with E-state index in [0.717, 1.165) is 19.6 Å². The first-order valence-electron chi connectivity index (χ1n) is 8.40. The van der Waals surface area contributed by atoms with Gasteiger partial charge >= 0.3 is 0 Å². The maximum absolute atomic E-state index is 10.2. The minimum absolute atomic E-state index is 0.149. The smallest absolute Gasteiger partial charge is 0.0799 e. The van der Waals surface area contributed by atoms with Crippen molar-refractivity contribution in [1.29, 1.82) is 0 Å². The summed E-state index contributed by atoms with van der Waals surface area (Å²) in [5, 5.41) is 13.9. The second kappa shape index (κ2) is 7.92. The molecule has 1 fully saturated rings. The fourth-order valence-electron chi connectivity index (χ4n) is 2.90. The summed E-state index contributed by atoms with van der Waals surface area (Å²) in [4.78, 5) is 2.46. The molecule has 1 aliphatic carbocycles. The molecule has 0 heterocycles. The van der Waals surface area contributed by atoms with Crippen molar-refractivity contribution in [1.82, 2.24) is 10.2 Å². The van der Waals surface area contributed by atoms with Gasteiger partial charge in [0.2, 0.25) is 0 Å². The van der Waals surface area contributed by atoms with Crippen molar-refractivity contribution in [3.05, 3.63) is 35.9 Å². The SMILES string of the molecule is CCCCN(CC)CC(CO)(NC1CC1)c1ccccc1. The summed E-state index contributed by atoms with van der Waals surface area (Å²) in [7, 11) is 0. The number of unbranched alkanes of at least 4 members (excludes halogenated alkanes) is 1. The molecule has 21 heavy (non-hydrogen) atoms. The van der Waals surface area contributed by atoms with E-state index in [-0.39, 0.29) is 12.1 Å². The molecular formula is C18H30N2O. The van der Waals surface area contributed by atoms with Crippen LogP contribution in [0.3, 0.4) is 0 Å². The Bertz CT molecular complexity index is 405. The van der Waals surface area contributed by atoms with E-state index < -0.39 is 0 Å². The number of hydrogen-bond acceptors (Lipinski definition) is 3. The van der Waals surface area contributed by atoms with Gasteiger partial charge in [-0.3, -0.25) is 0 Å². The van der Waals surface area contributed by atoms with Crippen molar-refractivity contribution in [2.45, 2.75) is 51.1 Å². The van der Waals surface area contributed by atoms with E-state index in [1.165, 1.54) is 31.2 Å².